The molecule has 9 nitrogen and oxygen atoms in total. The highest BCUT2D eigenvalue weighted by Crippen LogP contribution is 2.33. The second-order valence-corrected chi connectivity index (χ2v) is 7.21. The van der Waals surface area contributed by atoms with Crippen LogP contribution in [0.2, 0.25) is 0 Å². The summed E-state index contributed by atoms with van der Waals surface area (Å²) in [5.41, 5.74) is 1.08. The molecule has 0 aliphatic carbocycles. The third kappa shape index (κ3) is 4.85. The van der Waals surface area contributed by atoms with E-state index in [0.29, 0.717) is 62.8 Å². The predicted octanol–water partition coefficient (Wildman–Crippen LogP) is 2.21. The second kappa shape index (κ2) is 10.3. The number of nitrogens with zero attached hydrogens (tertiary/aromatic N) is 3. The van der Waals surface area contributed by atoms with Crippen molar-refractivity contribution in [3.63, 3.8) is 0 Å². The summed E-state index contributed by atoms with van der Waals surface area (Å²) >= 11 is 0. The Morgan fingerprint density at radius 2 is 1.73 bits per heavy atom. The van der Waals surface area contributed by atoms with E-state index in [2.05, 4.69) is 6.92 Å². The second-order valence-electron chi connectivity index (χ2n) is 7.21. The van der Waals surface area contributed by atoms with Gasteiger partial charge in [0.15, 0.2) is 0 Å². The first-order chi connectivity index (χ1) is 14.5. The number of unbranched alkanes of at least 4 members (excludes halogenated alkanes) is 1. The van der Waals surface area contributed by atoms with Crippen LogP contribution in [0.4, 0.5) is 5.69 Å². The summed E-state index contributed by atoms with van der Waals surface area (Å²) in [6.07, 6.45) is 2.59. The molecule has 1 aromatic carbocycles. The molecule has 162 valence electrons. The molecule has 0 unspecified atom stereocenters. The van der Waals surface area contributed by atoms with E-state index < -0.39 is 4.92 Å². The van der Waals surface area contributed by atoms with Crippen LogP contribution in [0.1, 0.15) is 31.7 Å². The van der Waals surface area contributed by atoms with Gasteiger partial charge >= 0.3 is 0 Å². The molecule has 9 heteroatoms. The van der Waals surface area contributed by atoms with Gasteiger partial charge in [0.05, 0.1) is 23.7 Å². The van der Waals surface area contributed by atoms with Gasteiger partial charge in [-0.25, -0.2) is 0 Å². The number of amides is 2. The topological polar surface area (TPSA) is 102 Å². The van der Waals surface area contributed by atoms with E-state index in [1.54, 1.807) is 0 Å². The fraction of sp³-hybridized carbons (Fsp3) is 0.524. The maximum absolute atomic E-state index is 13.2. The summed E-state index contributed by atoms with van der Waals surface area (Å²) in [5, 5.41) is 11.0. The van der Waals surface area contributed by atoms with Crippen LogP contribution < -0.4 is 0 Å². The Kier molecular flexibility index (Phi) is 7.53. The first kappa shape index (κ1) is 21.9. The first-order valence-corrected chi connectivity index (χ1v) is 10.3. The Balaban J connectivity index is 1.81. The van der Waals surface area contributed by atoms with Gasteiger partial charge in [-0.15, -0.1) is 0 Å². The first-order valence-electron chi connectivity index (χ1n) is 10.3. The fourth-order valence-electron chi connectivity index (χ4n) is 3.53. The van der Waals surface area contributed by atoms with Gasteiger partial charge in [-0.05, 0) is 30.5 Å². The number of hydrogen-bond donors (Lipinski definition) is 0. The Labute approximate surface area is 175 Å². The molecule has 2 aliphatic rings. The molecule has 0 atom stereocenters. The molecule has 30 heavy (non-hydrogen) atoms. The number of rotatable bonds is 10. The minimum Gasteiger partial charge on any atom is -0.381 e. The molecule has 0 aromatic heterocycles. The molecule has 1 fully saturated rings. The lowest BCUT2D eigenvalue weighted by Gasteiger charge is -2.29. The molecule has 0 saturated carbocycles. The molecule has 0 radical (unpaired) electrons. The summed E-state index contributed by atoms with van der Waals surface area (Å²) in [5.74, 6) is -0.701. The van der Waals surface area contributed by atoms with Crippen LogP contribution in [0.15, 0.2) is 30.0 Å². The van der Waals surface area contributed by atoms with Crippen molar-refractivity contribution in [2.45, 2.75) is 26.2 Å². The van der Waals surface area contributed by atoms with Gasteiger partial charge in [0.25, 0.3) is 17.5 Å². The number of carbonyl (C=O) groups excluding carboxylic acids is 2. The van der Waals surface area contributed by atoms with Crippen molar-refractivity contribution in [2.24, 2.45) is 0 Å². The van der Waals surface area contributed by atoms with Gasteiger partial charge in [0.2, 0.25) is 0 Å². The van der Waals surface area contributed by atoms with Crippen LogP contribution in [-0.4, -0.2) is 72.6 Å². The highest BCUT2D eigenvalue weighted by molar-refractivity contribution is 6.35. The van der Waals surface area contributed by atoms with Crippen molar-refractivity contribution in [3.05, 3.63) is 45.6 Å². The standard InChI is InChI=1S/C21H27N3O6/c1-2-3-12-29-13-4-9-23-20(25)18(16-5-7-17(8-6-16)24(27)28)19(21(23)26)22-10-14-30-15-11-22/h5-8H,2-4,9-15H2,1H3. The average molecular weight is 417 g/mol. The number of nitro groups is 1. The number of ether oxygens (including phenoxy) is 2. The molecule has 2 amide bonds. The third-order valence-corrected chi connectivity index (χ3v) is 5.15. The molecule has 3 rings (SSSR count). The van der Waals surface area contributed by atoms with Gasteiger partial charge in [0.1, 0.15) is 5.70 Å². The number of carbonyl (C=O) groups is 2. The SMILES string of the molecule is CCCCOCCCN1C(=O)C(c2ccc([N+](=O)[O-])cc2)=C(N2CCOCC2)C1=O. The Bertz CT molecular complexity index is 815. The monoisotopic (exact) mass is 417 g/mol. The number of nitro benzene ring substituents is 1. The lowest BCUT2D eigenvalue weighted by Crippen LogP contribution is -2.40. The molecule has 2 aliphatic heterocycles. The smallest absolute Gasteiger partial charge is 0.277 e. The van der Waals surface area contributed by atoms with E-state index in [4.69, 9.17) is 9.47 Å². The largest absolute Gasteiger partial charge is 0.381 e. The van der Waals surface area contributed by atoms with E-state index in [0.717, 1.165) is 12.8 Å². The maximum atomic E-state index is 13.2. The quantitative estimate of drug-likeness (QED) is 0.249. The van der Waals surface area contributed by atoms with Crippen LogP contribution >= 0.6 is 0 Å². The molecule has 1 aromatic rings. The summed E-state index contributed by atoms with van der Waals surface area (Å²) in [4.78, 5) is 39.9. The molecular weight excluding hydrogens is 390 g/mol. The van der Waals surface area contributed by atoms with E-state index in [-0.39, 0.29) is 24.0 Å². The van der Waals surface area contributed by atoms with Gasteiger partial charge < -0.3 is 14.4 Å². The van der Waals surface area contributed by atoms with Crippen LogP contribution in [0.3, 0.4) is 0 Å². The molecule has 1 saturated heterocycles. The minimum absolute atomic E-state index is 0.0647. The minimum atomic E-state index is -0.493. The number of hydrogen-bond acceptors (Lipinski definition) is 7. The van der Waals surface area contributed by atoms with Crippen molar-refractivity contribution in [2.75, 3.05) is 46.1 Å². The van der Waals surface area contributed by atoms with Crippen molar-refractivity contribution in [1.29, 1.82) is 0 Å². The van der Waals surface area contributed by atoms with Crippen molar-refractivity contribution in [3.8, 4) is 0 Å². The summed E-state index contributed by atoms with van der Waals surface area (Å²) in [6, 6.07) is 5.75. The molecule has 2 heterocycles. The normalized spacial score (nSPS) is 17.2. The van der Waals surface area contributed by atoms with Crippen molar-refractivity contribution in [1.82, 2.24) is 9.80 Å². The van der Waals surface area contributed by atoms with Crippen LogP contribution in [0.25, 0.3) is 5.57 Å². The zero-order valence-corrected chi connectivity index (χ0v) is 17.2. The Morgan fingerprint density at radius 1 is 1.07 bits per heavy atom. The highest BCUT2D eigenvalue weighted by Gasteiger charge is 2.41. The lowest BCUT2D eigenvalue weighted by atomic mass is 10.0. The van der Waals surface area contributed by atoms with Crippen LogP contribution in [0.5, 0.6) is 0 Å². The van der Waals surface area contributed by atoms with Gasteiger partial charge in [-0.2, -0.15) is 0 Å². The van der Waals surface area contributed by atoms with E-state index in [1.807, 2.05) is 4.90 Å². The summed E-state index contributed by atoms with van der Waals surface area (Å²) in [6.45, 7) is 5.49. The fourth-order valence-corrected chi connectivity index (χ4v) is 3.53. The molecule has 0 N–H and O–H groups in total. The lowest BCUT2D eigenvalue weighted by molar-refractivity contribution is -0.384. The van der Waals surface area contributed by atoms with Crippen molar-refractivity contribution < 1.29 is 24.0 Å². The molecule has 0 spiro atoms. The van der Waals surface area contributed by atoms with E-state index >= 15 is 0 Å². The molecule has 0 bridgehead atoms. The maximum Gasteiger partial charge on any atom is 0.277 e. The number of non-ortho nitro benzene ring substituents is 1. The van der Waals surface area contributed by atoms with Crippen molar-refractivity contribution >= 4 is 23.1 Å². The Morgan fingerprint density at radius 3 is 2.37 bits per heavy atom. The van der Waals surface area contributed by atoms with Gasteiger partial charge in [0, 0.05) is 45.0 Å². The predicted molar refractivity (Wildman–Crippen MR) is 109 cm³/mol. The zero-order valence-electron chi connectivity index (χ0n) is 17.2. The van der Waals surface area contributed by atoms with Crippen LogP contribution in [-0.2, 0) is 19.1 Å². The van der Waals surface area contributed by atoms with Gasteiger partial charge in [-0.3, -0.25) is 24.6 Å². The zero-order chi connectivity index (χ0) is 21.5. The average Bonchev–Trinajstić information content (AvgIpc) is 3.01. The summed E-state index contributed by atoms with van der Waals surface area (Å²) < 4.78 is 10.9. The number of morpholine rings is 1. The van der Waals surface area contributed by atoms with E-state index in [1.165, 1.54) is 29.2 Å². The van der Waals surface area contributed by atoms with Crippen LogP contribution in [0, 0.1) is 10.1 Å². The highest BCUT2D eigenvalue weighted by atomic mass is 16.6. The molecular formula is C21H27N3O6. The van der Waals surface area contributed by atoms with Gasteiger partial charge in [-0.1, -0.05) is 13.3 Å². The third-order valence-electron chi connectivity index (χ3n) is 5.15. The summed E-state index contributed by atoms with van der Waals surface area (Å²) in [7, 11) is 0. The Hall–Kier alpha value is -2.78. The number of imide groups is 1. The van der Waals surface area contributed by atoms with E-state index in [9.17, 15) is 19.7 Å². The number of benzene rings is 1.